The van der Waals surface area contributed by atoms with Crippen LogP contribution in [0.15, 0.2) is 34.1 Å². The van der Waals surface area contributed by atoms with Gasteiger partial charge in [0.1, 0.15) is 5.01 Å². The highest BCUT2D eigenvalue weighted by atomic mass is 32.1. The number of thiophene rings is 1. The molecule has 7 heteroatoms. The molecular weight excluding hydrogens is 302 g/mol. The zero-order valence-electron chi connectivity index (χ0n) is 12.0. The highest BCUT2D eigenvalue weighted by molar-refractivity contribution is 7.14. The molecule has 0 atom stereocenters. The maximum atomic E-state index is 4.39. The summed E-state index contributed by atoms with van der Waals surface area (Å²) in [5.41, 5.74) is 0. The second-order valence-electron chi connectivity index (χ2n) is 4.75. The predicted octanol–water partition coefficient (Wildman–Crippen LogP) is 2.10. The lowest BCUT2D eigenvalue weighted by Crippen LogP contribution is -2.52. The predicted molar refractivity (Wildman–Crippen MR) is 90.4 cm³/mol. The minimum absolute atomic E-state index is 0.746. The standard InChI is InChI=1S/C14H19N5S2/c1-15-14(17-11-12-16-4-10-20-12)19-7-5-18(6-8-19)13-3-2-9-21-13/h2-4,9-10H,5-8,11H2,1H3,(H,15,17). The van der Waals surface area contributed by atoms with Gasteiger partial charge in [0.15, 0.2) is 5.96 Å². The summed E-state index contributed by atoms with van der Waals surface area (Å²) >= 11 is 3.47. The molecule has 0 aromatic carbocycles. The molecule has 0 radical (unpaired) electrons. The molecule has 3 rings (SSSR count). The van der Waals surface area contributed by atoms with Crippen LogP contribution < -0.4 is 10.2 Å². The minimum atomic E-state index is 0.746. The molecular formula is C14H19N5S2. The molecule has 0 unspecified atom stereocenters. The number of anilines is 1. The fraction of sp³-hybridized carbons (Fsp3) is 0.429. The van der Waals surface area contributed by atoms with Crippen molar-refractivity contribution in [1.82, 2.24) is 15.2 Å². The number of rotatable bonds is 3. The van der Waals surface area contributed by atoms with E-state index in [1.54, 1.807) is 11.3 Å². The molecule has 1 fully saturated rings. The van der Waals surface area contributed by atoms with Gasteiger partial charge in [-0.1, -0.05) is 0 Å². The van der Waals surface area contributed by atoms with Crippen LogP contribution in [0.4, 0.5) is 5.00 Å². The van der Waals surface area contributed by atoms with Gasteiger partial charge in [0, 0.05) is 44.8 Å². The first-order valence-corrected chi connectivity index (χ1v) is 8.75. The third-order valence-electron chi connectivity index (χ3n) is 3.49. The van der Waals surface area contributed by atoms with Gasteiger partial charge in [-0.15, -0.1) is 22.7 Å². The summed E-state index contributed by atoms with van der Waals surface area (Å²) in [5.74, 6) is 0.969. The number of nitrogens with one attached hydrogen (secondary N) is 1. The van der Waals surface area contributed by atoms with Gasteiger partial charge in [-0.05, 0) is 17.5 Å². The highest BCUT2D eigenvalue weighted by Gasteiger charge is 2.20. The molecule has 5 nitrogen and oxygen atoms in total. The normalized spacial score (nSPS) is 16.3. The lowest BCUT2D eigenvalue weighted by Gasteiger charge is -2.36. The number of hydrogen-bond donors (Lipinski definition) is 1. The Morgan fingerprint density at radius 3 is 2.76 bits per heavy atom. The van der Waals surface area contributed by atoms with E-state index in [-0.39, 0.29) is 0 Å². The van der Waals surface area contributed by atoms with Gasteiger partial charge in [-0.3, -0.25) is 4.99 Å². The molecule has 1 aliphatic heterocycles. The van der Waals surface area contributed by atoms with Gasteiger partial charge in [-0.2, -0.15) is 0 Å². The molecule has 0 saturated carbocycles. The zero-order valence-corrected chi connectivity index (χ0v) is 13.7. The van der Waals surface area contributed by atoms with Gasteiger partial charge >= 0.3 is 0 Å². The molecule has 2 aromatic heterocycles. The average molecular weight is 321 g/mol. The van der Waals surface area contributed by atoms with Crippen molar-refractivity contribution in [2.24, 2.45) is 4.99 Å². The van der Waals surface area contributed by atoms with Gasteiger partial charge in [-0.25, -0.2) is 4.98 Å². The third kappa shape index (κ3) is 3.54. The second kappa shape index (κ2) is 6.91. The van der Waals surface area contributed by atoms with Crippen molar-refractivity contribution in [3.8, 4) is 0 Å². The number of guanidine groups is 1. The Balaban J connectivity index is 1.52. The van der Waals surface area contributed by atoms with Crippen LogP contribution in [-0.2, 0) is 6.54 Å². The van der Waals surface area contributed by atoms with E-state index in [1.165, 1.54) is 5.00 Å². The van der Waals surface area contributed by atoms with Gasteiger partial charge < -0.3 is 15.1 Å². The van der Waals surface area contributed by atoms with Crippen molar-refractivity contribution in [2.75, 3.05) is 38.1 Å². The first-order valence-electron chi connectivity index (χ1n) is 6.99. The summed E-state index contributed by atoms with van der Waals surface area (Å²) in [7, 11) is 1.84. The molecule has 0 spiro atoms. The van der Waals surface area contributed by atoms with Gasteiger partial charge in [0.2, 0.25) is 0 Å². The minimum Gasteiger partial charge on any atom is -0.360 e. The van der Waals surface area contributed by atoms with Crippen LogP contribution in [0.25, 0.3) is 0 Å². The van der Waals surface area contributed by atoms with Gasteiger partial charge in [0.25, 0.3) is 0 Å². The van der Waals surface area contributed by atoms with Crippen LogP contribution in [-0.4, -0.2) is 49.1 Å². The summed E-state index contributed by atoms with van der Waals surface area (Å²) in [5, 5.41) is 9.99. The lowest BCUT2D eigenvalue weighted by molar-refractivity contribution is 0.373. The van der Waals surface area contributed by atoms with Crippen LogP contribution in [0.5, 0.6) is 0 Å². The number of aliphatic imine (C=N–C) groups is 1. The first kappa shape index (κ1) is 14.3. The van der Waals surface area contributed by atoms with Crippen LogP contribution in [0.3, 0.4) is 0 Å². The van der Waals surface area contributed by atoms with Crippen LogP contribution in [0, 0.1) is 0 Å². The molecule has 2 aromatic rings. The molecule has 0 aliphatic carbocycles. The summed E-state index contributed by atoms with van der Waals surface area (Å²) in [6, 6.07) is 4.30. The Morgan fingerprint density at radius 2 is 2.14 bits per heavy atom. The Bertz CT molecular complexity index is 556. The fourth-order valence-corrected chi connectivity index (χ4v) is 3.76. The SMILES string of the molecule is CN=C(NCc1nccs1)N1CCN(c2cccs2)CC1. The molecule has 1 saturated heterocycles. The van der Waals surface area contributed by atoms with Crippen LogP contribution in [0.1, 0.15) is 5.01 Å². The monoisotopic (exact) mass is 321 g/mol. The van der Waals surface area contributed by atoms with Crippen molar-refractivity contribution in [1.29, 1.82) is 0 Å². The van der Waals surface area contributed by atoms with Crippen molar-refractivity contribution < 1.29 is 0 Å². The van der Waals surface area contributed by atoms with Gasteiger partial charge in [0.05, 0.1) is 11.5 Å². The largest absolute Gasteiger partial charge is 0.360 e. The van der Waals surface area contributed by atoms with E-state index >= 15 is 0 Å². The maximum Gasteiger partial charge on any atom is 0.194 e. The molecule has 0 bridgehead atoms. The molecule has 0 amide bonds. The second-order valence-corrected chi connectivity index (χ2v) is 6.66. The van der Waals surface area contributed by atoms with Crippen LogP contribution >= 0.6 is 22.7 Å². The van der Waals surface area contributed by atoms with E-state index in [9.17, 15) is 0 Å². The summed E-state index contributed by atoms with van der Waals surface area (Å²) in [4.78, 5) is 13.4. The van der Waals surface area contributed by atoms with E-state index in [2.05, 4.69) is 42.6 Å². The van der Waals surface area contributed by atoms with E-state index in [4.69, 9.17) is 0 Å². The lowest BCUT2D eigenvalue weighted by atomic mass is 10.3. The maximum absolute atomic E-state index is 4.39. The van der Waals surface area contributed by atoms with E-state index in [1.807, 2.05) is 30.0 Å². The number of hydrogen-bond acceptors (Lipinski definition) is 5. The van der Waals surface area contributed by atoms with Crippen molar-refractivity contribution in [3.05, 3.63) is 34.1 Å². The topological polar surface area (TPSA) is 43.8 Å². The Hall–Kier alpha value is -1.60. The molecule has 3 heterocycles. The highest BCUT2D eigenvalue weighted by Crippen LogP contribution is 2.22. The summed E-state index contributed by atoms with van der Waals surface area (Å²) in [6.07, 6.45) is 1.84. The Labute approximate surface area is 133 Å². The van der Waals surface area contributed by atoms with E-state index < -0.39 is 0 Å². The Kier molecular flexibility index (Phi) is 4.72. The van der Waals surface area contributed by atoms with E-state index in [0.717, 1.165) is 43.7 Å². The number of nitrogens with zero attached hydrogens (tertiary/aromatic N) is 4. The third-order valence-corrected chi connectivity index (χ3v) is 5.20. The molecule has 1 N–H and O–H groups in total. The number of piperazine rings is 1. The van der Waals surface area contributed by atoms with E-state index in [0.29, 0.717) is 0 Å². The molecule has 112 valence electrons. The number of aromatic nitrogens is 1. The number of thiazole rings is 1. The zero-order chi connectivity index (χ0) is 14.5. The summed E-state index contributed by atoms with van der Waals surface area (Å²) < 4.78 is 0. The average Bonchev–Trinajstić information content (AvgIpc) is 3.22. The molecule has 21 heavy (non-hydrogen) atoms. The van der Waals surface area contributed by atoms with Crippen molar-refractivity contribution >= 4 is 33.6 Å². The molecule has 1 aliphatic rings. The van der Waals surface area contributed by atoms with Crippen LogP contribution in [0.2, 0.25) is 0 Å². The first-order chi connectivity index (χ1) is 10.4. The summed E-state index contributed by atoms with van der Waals surface area (Å²) in [6.45, 7) is 4.82. The van der Waals surface area contributed by atoms with Crippen molar-refractivity contribution in [2.45, 2.75) is 6.54 Å². The van der Waals surface area contributed by atoms with Crippen molar-refractivity contribution in [3.63, 3.8) is 0 Å². The fourth-order valence-electron chi connectivity index (χ4n) is 2.42. The Morgan fingerprint density at radius 1 is 1.29 bits per heavy atom. The smallest absolute Gasteiger partial charge is 0.194 e. The quantitative estimate of drug-likeness (QED) is 0.694.